The van der Waals surface area contributed by atoms with Crippen molar-refractivity contribution in [2.24, 2.45) is 0 Å². The van der Waals surface area contributed by atoms with Crippen LogP contribution in [0, 0.1) is 0 Å². The van der Waals surface area contributed by atoms with Gasteiger partial charge in [-0.25, -0.2) is 0 Å². The zero-order valence-corrected chi connectivity index (χ0v) is 7.58. The number of esters is 1. The van der Waals surface area contributed by atoms with E-state index in [-0.39, 0.29) is 12.5 Å². The van der Waals surface area contributed by atoms with Gasteiger partial charge in [-0.3, -0.25) is 4.79 Å². The second-order valence-corrected chi connectivity index (χ2v) is 2.54. The van der Waals surface area contributed by atoms with Gasteiger partial charge in [0.15, 0.2) is 0 Å². The molecule has 72 valence electrons. The molecule has 13 heavy (non-hydrogen) atoms. The monoisotopic (exact) mass is 183 g/mol. The fourth-order valence-corrected chi connectivity index (χ4v) is 0.914. The fourth-order valence-electron chi connectivity index (χ4n) is 0.914. The molecule has 0 spiro atoms. The van der Waals surface area contributed by atoms with Crippen molar-refractivity contribution in [1.29, 1.82) is 0 Å². The van der Waals surface area contributed by atoms with Crippen molar-refractivity contribution < 1.29 is 13.9 Å². The van der Waals surface area contributed by atoms with Crippen molar-refractivity contribution in [3.8, 4) is 0 Å². The van der Waals surface area contributed by atoms with Crippen LogP contribution < -0.4 is 5.32 Å². The van der Waals surface area contributed by atoms with Crippen LogP contribution in [0.25, 0.3) is 0 Å². The van der Waals surface area contributed by atoms with E-state index in [4.69, 9.17) is 9.15 Å². The molecular formula is C9H13NO3. The van der Waals surface area contributed by atoms with Crippen molar-refractivity contribution in [2.75, 3.05) is 13.2 Å². The van der Waals surface area contributed by atoms with Gasteiger partial charge in [0.25, 0.3) is 0 Å². The molecule has 0 saturated carbocycles. The van der Waals surface area contributed by atoms with Gasteiger partial charge in [0.2, 0.25) is 0 Å². The van der Waals surface area contributed by atoms with Crippen molar-refractivity contribution in [2.45, 2.75) is 13.5 Å². The Morgan fingerprint density at radius 2 is 2.54 bits per heavy atom. The molecule has 1 rings (SSSR count). The minimum Gasteiger partial charge on any atom is -0.472 e. The van der Waals surface area contributed by atoms with Crippen LogP contribution in [0.2, 0.25) is 0 Å². The smallest absolute Gasteiger partial charge is 0.319 e. The zero-order chi connectivity index (χ0) is 9.52. The average molecular weight is 183 g/mol. The predicted octanol–water partition coefficient (Wildman–Crippen LogP) is 0.932. The van der Waals surface area contributed by atoms with Gasteiger partial charge in [-0.15, -0.1) is 0 Å². The molecule has 0 fully saturated rings. The Morgan fingerprint density at radius 3 is 3.15 bits per heavy atom. The maximum absolute atomic E-state index is 10.9. The first kappa shape index (κ1) is 9.80. The average Bonchev–Trinajstić information content (AvgIpc) is 2.57. The lowest BCUT2D eigenvalue weighted by molar-refractivity contribution is -0.142. The van der Waals surface area contributed by atoms with Crippen molar-refractivity contribution in [1.82, 2.24) is 5.32 Å². The standard InChI is InChI=1S/C9H13NO3/c1-2-13-9(11)6-10-5-8-3-4-12-7-8/h3-4,7,10H,2,5-6H2,1H3. The van der Waals surface area contributed by atoms with Crippen LogP contribution in [-0.4, -0.2) is 19.1 Å². The molecule has 0 unspecified atom stereocenters. The van der Waals surface area contributed by atoms with Gasteiger partial charge in [0.1, 0.15) is 0 Å². The molecule has 0 aliphatic rings. The molecule has 4 nitrogen and oxygen atoms in total. The molecule has 0 aliphatic carbocycles. The lowest BCUT2D eigenvalue weighted by Gasteiger charge is -2.02. The number of hydrogen-bond acceptors (Lipinski definition) is 4. The number of carbonyl (C=O) groups is 1. The lowest BCUT2D eigenvalue weighted by Crippen LogP contribution is -2.24. The summed E-state index contributed by atoms with van der Waals surface area (Å²) in [4.78, 5) is 10.9. The molecule has 1 N–H and O–H groups in total. The van der Waals surface area contributed by atoms with E-state index in [1.54, 1.807) is 19.5 Å². The first-order chi connectivity index (χ1) is 6.33. The summed E-state index contributed by atoms with van der Waals surface area (Å²) < 4.78 is 9.60. The van der Waals surface area contributed by atoms with Gasteiger partial charge in [-0.05, 0) is 13.0 Å². The Kier molecular flexibility index (Phi) is 4.05. The summed E-state index contributed by atoms with van der Waals surface area (Å²) in [7, 11) is 0. The molecule has 0 radical (unpaired) electrons. The van der Waals surface area contributed by atoms with E-state index in [1.807, 2.05) is 6.07 Å². The van der Waals surface area contributed by atoms with Crippen LogP contribution in [0.3, 0.4) is 0 Å². The van der Waals surface area contributed by atoms with Crippen LogP contribution in [0.1, 0.15) is 12.5 Å². The third kappa shape index (κ3) is 3.75. The van der Waals surface area contributed by atoms with Crippen molar-refractivity contribution in [3.05, 3.63) is 24.2 Å². The summed E-state index contributed by atoms with van der Waals surface area (Å²) in [6.45, 7) is 3.06. The van der Waals surface area contributed by atoms with E-state index in [0.29, 0.717) is 13.2 Å². The molecule has 0 saturated heterocycles. The molecule has 4 heteroatoms. The van der Waals surface area contributed by atoms with Crippen LogP contribution >= 0.6 is 0 Å². The topological polar surface area (TPSA) is 51.5 Å². The second-order valence-electron chi connectivity index (χ2n) is 2.54. The number of hydrogen-bond donors (Lipinski definition) is 1. The van der Waals surface area contributed by atoms with E-state index < -0.39 is 0 Å². The van der Waals surface area contributed by atoms with E-state index >= 15 is 0 Å². The number of ether oxygens (including phenoxy) is 1. The summed E-state index contributed by atoms with van der Waals surface area (Å²) in [5.41, 5.74) is 1.02. The molecule has 0 atom stereocenters. The first-order valence-corrected chi connectivity index (χ1v) is 4.20. The van der Waals surface area contributed by atoms with E-state index in [9.17, 15) is 4.79 Å². The SMILES string of the molecule is CCOC(=O)CNCc1ccoc1. The van der Waals surface area contributed by atoms with Crippen LogP contribution in [0.15, 0.2) is 23.0 Å². The Hall–Kier alpha value is -1.29. The highest BCUT2D eigenvalue weighted by Crippen LogP contribution is 1.97. The largest absolute Gasteiger partial charge is 0.472 e. The van der Waals surface area contributed by atoms with Crippen molar-refractivity contribution in [3.63, 3.8) is 0 Å². The number of nitrogens with one attached hydrogen (secondary N) is 1. The summed E-state index contributed by atoms with van der Waals surface area (Å²) in [5.74, 6) is -0.231. The Balaban J connectivity index is 2.11. The highest BCUT2D eigenvalue weighted by molar-refractivity contribution is 5.71. The molecule has 0 aromatic carbocycles. The normalized spacial score (nSPS) is 9.92. The molecule has 1 aromatic heterocycles. The fraction of sp³-hybridized carbons (Fsp3) is 0.444. The van der Waals surface area contributed by atoms with Crippen LogP contribution in [-0.2, 0) is 16.1 Å². The highest BCUT2D eigenvalue weighted by atomic mass is 16.5. The minimum atomic E-state index is -0.231. The van der Waals surface area contributed by atoms with Crippen LogP contribution in [0.5, 0.6) is 0 Å². The van der Waals surface area contributed by atoms with Gasteiger partial charge < -0.3 is 14.5 Å². The molecule has 0 aliphatic heterocycles. The van der Waals surface area contributed by atoms with Gasteiger partial charge >= 0.3 is 5.97 Å². The molecule has 0 bridgehead atoms. The van der Waals surface area contributed by atoms with E-state index in [1.165, 1.54) is 0 Å². The third-order valence-corrected chi connectivity index (χ3v) is 1.48. The molecular weight excluding hydrogens is 170 g/mol. The second kappa shape index (κ2) is 5.37. The Bertz CT molecular complexity index is 243. The molecule has 1 aromatic rings. The van der Waals surface area contributed by atoms with Gasteiger partial charge in [-0.2, -0.15) is 0 Å². The van der Waals surface area contributed by atoms with Gasteiger partial charge in [0.05, 0.1) is 25.7 Å². The Labute approximate surface area is 76.9 Å². The molecule has 1 heterocycles. The highest BCUT2D eigenvalue weighted by Gasteiger charge is 2.00. The summed E-state index contributed by atoms with van der Waals surface area (Å²) in [6.07, 6.45) is 3.24. The maximum atomic E-state index is 10.9. The predicted molar refractivity (Wildman–Crippen MR) is 47.0 cm³/mol. The summed E-state index contributed by atoms with van der Waals surface area (Å²) in [5, 5.41) is 2.94. The first-order valence-electron chi connectivity index (χ1n) is 4.20. The third-order valence-electron chi connectivity index (χ3n) is 1.48. The lowest BCUT2D eigenvalue weighted by atomic mass is 10.3. The van der Waals surface area contributed by atoms with E-state index in [2.05, 4.69) is 5.32 Å². The van der Waals surface area contributed by atoms with Crippen molar-refractivity contribution >= 4 is 5.97 Å². The summed E-state index contributed by atoms with van der Waals surface area (Å²) in [6, 6.07) is 1.85. The Morgan fingerprint density at radius 1 is 1.69 bits per heavy atom. The maximum Gasteiger partial charge on any atom is 0.319 e. The minimum absolute atomic E-state index is 0.231. The number of rotatable bonds is 5. The van der Waals surface area contributed by atoms with Gasteiger partial charge in [-0.1, -0.05) is 0 Å². The summed E-state index contributed by atoms with van der Waals surface area (Å²) >= 11 is 0. The van der Waals surface area contributed by atoms with E-state index in [0.717, 1.165) is 5.56 Å². The van der Waals surface area contributed by atoms with Gasteiger partial charge in [0, 0.05) is 12.1 Å². The number of furan rings is 1. The van der Waals surface area contributed by atoms with Crippen LogP contribution in [0.4, 0.5) is 0 Å². The number of carbonyl (C=O) groups excluding carboxylic acids is 1. The quantitative estimate of drug-likeness (QED) is 0.690. The zero-order valence-electron chi connectivity index (χ0n) is 7.58. The molecule has 0 amide bonds.